The number of carboxylic acids is 1. The summed E-state index contributed by atoms with van der Waals surface area (Å²) in [6.07, 6.45) is 1.27. The number of nitrogen functional groups attached to an aromatic ring is 1. The van der Waals surface area contributed by atoms with E-state index in [-0.39, 0.29) is 12.5 Å². The molecule has 1 saturated heterocycles. The Hall–Kier alpha value is -1.56. The van der Waals surface area contributed by atoms with Gasteiger partial charge in [0, 0.05) is 23.2 Å². The van der Waals surface area contributed by atoms with Crippen LogP contribution in [0.15, 0.2) is 22.7 Å². The molecule has 0 spiro atoms. The number of amides is 1. The van der Waals surface area contributed by atoms with E-state index >= 15 is 0 Å². The molecule has 1 amide bonds. The smallest absolute Gasteiger partial charge is 0.311 e. The molecule has 0 aromatic heterocycles. The molecule has 5 nitrogen and oxygen atoms in total. The second kappa shape index (κ2) is 5.44. The molecule has 1 fully saturated rings. The number of hydrogen-bond donors (Lipinski definition) is 2. The largest absolute Gasteiger partial charge is 0.481 e. The Morgan fingerprint density at radius 1 is 1.45 bits per heavy atom. The average molecular weight is 341 g/mol. The Labute approximate surface area is 125 Å². The summed E-state index contributed by atoms with van der Waals surface area (Å²) in [7, 11) is 0. The summed E-state index contributed by atoms with van der Waals surface area (Å²) in [6.45, 7) is 2.47. The molecule has 2 rings (SSSR count). The molecule has 1 aromatic carbocycles. The molecule has 6 heteroatoms. The molecule has 1 heterocycles. The van der Waals surface area contributed by atoms with Gasteiger partial charge in [-0.1, -0.05) is 15.9 Å². The van der Waals surface area contributed by atoms with Gasteiger partial charge in [0.15, 0.2) is 0 Å². The highest BCUT2D eigenvalue weighted by atomic mass is 79.9. The summed E-state index contributed by atoms with van der Waals surface area (Å²) in [4.78, 5) is 25.4. The third-order valence-electron chi connectivity index (χ3n) is 3.74. The topological polar surface area (TPSA) is 83.6 Å². The predicted octanol–water partition coefficient (Wildman–Crippen LogP) is 2.36. The first-order valence-electron chi connectivity index (χ1n) is 6.41. The van der Waals surface area contributed by atoms with Crippen LogP contribution in [0.1, 0.15) is 30.1 Å². The predicted molar refractivity (Wildman–Crippen MR) is 79.4 cm³/mol. The zero-order valence-corrected chi connectivity index (χ0v) is 12.8. The number of nitrogens with two attached hydrogens (primary N) is 1. The molecule has 1 unspecified atom stereocenters. The van der Waals surface area contributed by atoms with Crippen LogP contribution in [0.3, 0.4) is 0 Å². The standard InChI is InChI=1S/C14H17BrN2O3/c1-14(13(19)20)5-2-6-17(8-14)12(18)10-4-3-9(15)7-11(10)16/h3-4,7H,2,5-6,8,16H2,1H3,(H,19,20). The van der Waals surface area contributed by atoms with Crippen molar-refractivity contribution >= 4 is 33.5 Å². The number of likely N-dealkylation sites (tertiary alicyclic amines) is 1. The van der Waals surface area contributed by atoms with Gasteiger partial charge in [0.2, 0.25) is 0 Å². The fourth-order valence-electron chi connectivity index (χ4n) is 2.49. The number of nitrogens with zero attached hydrogens (tertiary/aromatic N) is 1. The number of piperidine rings is 1. The minimum absolute atomic E-state index is 0.206. The Bertz CT molecular complexity index is 561. The van der Waals surface area contributed by atoms with Gasteiger partial charge in [-0.25, -0.2) is 0 Å². The first-order chi connectivity index (χ1) is 9.33. The van der Waals surface area contributed by atoms with Crippen molar-refractivity contribution in [3.8, 4) is 0 Å². The number of carbonyl (C=O) groups excluding carboxylic acids is 1. The number of rotatable bonds is 2. The van der Waals surface area contributed by atoms with Crippen LogP contribution in [0, 0.1) is 5.41 Å². The van der Waals surface area contributed by atoms with E-state index < -0.39 is 11.4 Å². The van der Waals surface area contributed by atoms with E-state index in [1.165, 1.54) is 0 Å². The summed E-state index contributed by atoms with van der Waals surface area (Å²) in [6, 6.07) is 5.09. The molecule has 0 aliphatic carbocycles. The van der Waals surface area contributed by atoms with Crippen molar-refractivity contribution in [3.05, 3.63) is 28.2 Å². The molecule has 1 aliphatic rings. The van der Waals surface area contributed by atoms with Crippen LogP contribution in [0.25, 0.3) is 0 Å². The maximum absolute atomic E-state index is 12.5. The van der Waals surface area contributed by atoms with Crippen LogP contribution in [0.5, 0.6) is 0 Å². The highest BCUT2D eigenvalue weighted by molar-refractivity contribution is 9.10. The number of anilines is 1. The minimum Gasteiger partial charge on any atom is -0.481 e. The first kappa shape index (κ1) is 14.8. The second-order valence-electron chi connectivity index (χ2n) is 5.43. The molecule has 20 heavy (non-hydrogen) atoms. The molecule has 1 atom stereocenters. The van der Waals surface area contributed by atoms with Gasteiger partial charge >= 0.3 is 5.97 Å². The number of hydrogen-bond acceptors (Lipinski definition) is 3. The summed E-state index contributed by atoms with van der Waals surface area (Å²) in [5, 5.41) is 9.29. The highest BCUT2D eigenvalue weighted by Gasteiger charge is 2.39. The second-order valence-corrected chi connectivity index (χ2v) is 6.34. The van der Waals surface area contributed by atoms with Gasteiger partial charge in [-0.05, 0) is 38.0 Å². The van der Waals surface area contributed by atoms with Gasteiger partial charge in [0.1, 0.15) is 0 Å². The molecule has 1 aliphatic heterocycles. The fourth-order valence-corrected chi connectivity index (χ4v) is 2.86. The summed E-state index contributed by atoms with van der Waals surface area (Å²) < 4.78 is 0.806. The van der Waals surface area contributed by atoms with Crippen molar-refractivity contribution in [2.24, 2.45) is 5.41 Å². The Morgan fingerprint density at radius 2 is 2.15 bits per heavy atom. The van der Waals surface area contributed by atoms with Gasteiger partial charge in [0.05, 0.1) is 11.0 Å². The van der Waals surface area contributed by atoms with Crippen LogP contribution < -0.4 is 5.73 Å². The van der Waals surface area contributed by atoms with Crippen molar-refractivity contribution in [1.82, 2.24) is 4.90 Å². The lowest BCUT2D eigenvalue weighted by atomic mass is 9.82. The van der Waals surface area contributed by atoms with Crippen molar-refractivity contribution in [2.45, 2.75) is 19.8 Å². The van der Waals surface area contributed by atoms with Gasteiger partial charge < -0.3 is 15.7 Å². The van der Waals surface area contributed by atoms with E-state index in [0.717, 1.165) is 4.47 Å². The van der Waals surface area contributed by atoms with E-state index in [9.17, 15) is 14.7 Å². The lowest BCUT2D eigenvalue weighted by Gasteiger charge is -2.37. The molecule has 0 bridgehead atoms. The van der Waals surface area contributed by atoms with Crippen molar-refractivity contribution in [2.75, 3.05) is 18.8 Å². The van der Waals surface area contributed by atoms with E-state index in [4.69, 9.17) is 5.73 Å². The first-order valence-corrected chi connectivity index (χ1v) is 7.20. The third-order valence-corrected chi connectivity index (χ3v) is 4.24. The zero-order valence-electron chi connectivity index (χ0n) is 11.2. The lowest BCUT2D eigenvalue weighted by molar-refractivity contribution is -0.150. The van der Waals surface area contributed by atoms with Gasteiger partial charge in [-0.3, -0.25) is 9.59 Å². The number of aliphatic carboxylic acids is 1. The maximum Gasteiger partial charge on any atom is 0.311 e. The Morgan fingerprint density at radius 3 is 2.75 bits per heavy atom. The third kappa shape index (κ3) is 2.80. The molecular formula is C14H17BrN2O3. The molecule has 1 aromatic rings. The van der Waals surface area contributed by atoms with Crippen LogP contribution in [0.2, 0.25) is 0 Å². The number of carbonyl (C=O) groups is 2. The van der Waals surface area contributed by atoms with Crippen LogP contribution >= 0.6 is 15.9 Å². The average Bonchev–Trinajstić information content (AvgIpc) is 2.38. The van der Waals surface area contributed by atoms with Crippen LogP contribution in [-0.4, -0.2) is 35.0 Å². The maximum atomic E-state index is 12.5. The quantitative estimate of drug-likeness (QED) is 0.809. The van der Waals surface area contributed by atoms with Gasteiger partial charge in [0.25, 0.3) is 5.91 Å². The van der Waals surface area contributed by atoms with E-state index in [1.807, 2.05) is 0 Å². The van der Waals surface area contributed by atoms with Crippen molar-refractivity contribution in [3.63, 3.8) is 0 Å². The molecule has 108 valence electrons. The normalized spacial score (nSPS) is 22.6. The SMILES string of the molecule is CC1(C(=O)O)CCCN(C(=O)c2ccc(Br)cc2N)C1. The summed E-state index contributed by atoms with van der Waals surface area (Å²) in [5.41, 5.74) is 5.80. The van der Waals surface area contributed by atoms with Crippen LogP contribution in [-0.2, 0) is 4.79 Å². The fraction of sp³-hybridized carbons (Fsp3) is 0.429. The van der Waals surface area contributed by atoms with Crippen molar-refractivity contribution in [1.29, 1.82) is 0 Å². The minimum atomic E-state index is -0.877. The lowest BCUT2D eigenvalue weighted by Crippen LogP contribution is -2.48. The molecule has 3 N–H and O–H groups in total. The van der Waals surface area contributed by atoms with E-state index in [0.29, 0.717) is 30.6 Å². The monoisotopic (exact) mass is 340 g/mol. The molecule has 0 saturated carbocycles. The molecular weight excluding hydrogens is 324 g/mol. The summed E-state index contributed by atoms with van der Waals surface area (Å²) in [5.74, 6) is -1.07. The summed E-state index contributed by atoms with van der Waals surface area (Å²) >= 11 is 3.30. The zero-order chi connectivity index (χ0) is 14.9. The Balaban J connectivity index is 2.23. The Kier molecular flexibility index (Phi) is 4.04. The van der Waals surface area contributed by atoms with E-state index in [2.05, 4.69) is 15.9 Å². The number of halogens is 1. The number of benzene rings is 1. The van der Waals surface area contributed by atoms with Crippen LogP contribution in [0.4, 0.5) is 5.69 Å². The number of carboxylic acid groups (broad SMARTS) is 1. The van der Waals surface area contributed by atoms with E-state index in [1.54, 1.807) is 30.0 Å². The van der Waals surface area contributed by atoms with Gasteiger partial charge in [-0.2, -0.15) is 0 Å². The van der Waals surface area contributed by atoms with Gasteiger partial charge in [-0.15, -0.1) is 0 Å². The van der Waals surface area contributed by atoms with Crippen molar-refractivity contribution < 1.29 is 14.7 Å². The highest BCUT2D eigenvalue weighted by Crippen LogP contribution is 2.31. The molecule has 0 radical (unpaired) electrons.